The predicted octanol–water partition coefficient (Wildman–Crippen LogP) is 4.71. The first-order valence-corrected chi connectivity index (χ1v) is 10.3. The molecule has 1 aromatic heterocycles. The third-order valence-corrected chi connectivity index (χ3v) is 4.83. The SMILES string of the molecule is Cc1cc(Cl)ccc1NC(=O)Nc1cn(Cc2ccc(C(F)(F)F)cc2)c(C(=O)OCCO)n1. The van der Waals surface area contributed by atoms with Crippen LogP contribution in [0, 0.1) is 6.92 Å². The second kappa shape index (κ2) is 10.6. The van der Waals surface area contributed by atoms with Gasteiger partial charge < -0.3 is 19.7 Å². The maximum atomic E-state index is 12.8. The van der Waals surface area contributed by atoms with Crippen LogP contribution in [0.25, 0.3) is 0 Å². The quantitative estimate of drug-likeness (QED) is 0.411. The highest BCUT2D eigenvalue weighted by molar-refractivity contribution is 6.30. The number of ether oxygens (including phenoxy) is 1. The summed E-state index contributed by atoms with van der Waals surface area (Å²) in [6, 6.07) is 8.67. The second-order valence-electron chi connectivity index (χ2n) is 7.17. The number of benzene rings is 2. The average Bonchev–Trinajstić information content (AvgIpc) is 3.15. The number of urea groups is 1. The smallest absolute Gasteiger partial charge is 0.416 e. The lowest BCUT2D eigenvalue weighted by atomic mass is 10.1. The molecule has 3 rings (SSSR count). The molecule has 2 amide bonds. The van der Waals surface area contributed by atoms with E-state index in [4.69, 9.17) is 21.4 Å². The number of aliphatic hydroxyl groups excluding tert-OH is 1. The fourth-order valence-corrected chi connectivity index (χ4v) is 3.22. The van der Waals surface area contributed by atoms with Gasteiger partial charge >= 0.3 is 18.2 Å². The van der Waals surface area contributed by atoms with Crippen LogP contribution in [-0.4, -0.2) is 39.9 Å². The van der Waals surface area contributed by atoms with E-state index >= 15 is 0 Å². The zero-order valence-corrected chi connectivity index (χ0v) is 18.6. The van der Waals surface area contributed by atoms with Crippen LogP contribution in [0.1, 0.15) is 27.3 Å². The number of carbonyl (C=O) groups excluding carboxylic acids is 2. The van der Waals surface area contributed by atoms with E-state index in [-0.39, 0.29) is 24.8 Å². The molecule has 0 spiro atoms. The summed E-state index contributed by atoms with van der Waals surface area (Å²) >= 11 is 5.91. The molecule has 2 aromatic carbocycles. The number of anilines is 2. The highest BCUT2D eigenvalue weighted by Crippen LogP contribution is 2.29. The van der Waals surface area contributed by atoms with Gasteiger partial charge in [0.05, 0.1) is 12.2 Å². The van der Waals surface area contributed by atoms with Crippen molar-refractivity contribution in [2.45, 2.75) is 19.6 Å². The van der Waals surface area contributed by atoms with E-state index < -0.39 is 30.3 Å². The number of esters is 1. The van der Waals surface area contributed by atoms with E-state index in [2.05, 4.69) is 15.6 Å². The maximum absolute atomic E-state index is 12.8. The molecule has 0 aliphatic heterocycles. The average molecular weight is 497 g/mol. The molecule has 0 saturated carbocycles. The monoisotopic (exact) mass is 496 g/mol. The van der Waals surface area contributed by atoms with Gasteiger partial charge in [0.2, 0.25) is 5.82 Å². The molecule has 0 fully saturated rings. The van der Waals surface area contributed by atoms with Gasteiger partial charge in [0, 0.05) is 23.5 Å². The maximum Gasteiger partial charge on any atom is 0.416 e. The van der Waals surface area contributed by atoms with Gasteiger partial charge in [-0.05, 0) is 48.4 Å². The molecule has 3 N–H and O–H groups in total. The summed E-state index contributed by atoms with van der Waals surface area (Å²) in [7, 11) is 0. The van der Waals surface area contributed by atoms with Crippen molar-refractivity contribution < 1.29 is 32.6 Å². The lowest BCUT2D eigenvalue weighted by molar-refractivity contribution is -0.137. The number of aryl methyl sites for hydroxylation is 1. The van der Waals surface area contributed by atoms with Gasteiger partial charge in [0.15, 0.2) is 5.82 Å². The van der Waals surface area contributed by atoms with Crippen LogP contribution in [0.4, 0.5) is 29.5 Å². The van der Waals surface area contributed by atoms with Gasteiger partial charge in [-0.2, -0.15) is 13.2 Å². The number of aliphatic hydroxyl groups is 1. The molecule has 0 atom stereocenters. The van der Waals surface area contributed by atoms with Crippen molar-refractivity contribution >= 4 is 35.1 Å². The topological polar surface area (TPSA) is 105 Å². The molecule has 0 saturated heterocycles. The van der Waals surface area contributed by atoms with E-state index in [0.717, 1.165) is 17.7 Å². The largest absolute Gasteiger partial charge is 0.457 e. The number of nitrogens with one attached hydrogen (secondary N) is 2. The second-order valence-corrected chi connectivity index (χ2v) is 7.61. The van der Waals surface area contributed by atoms with E-state index in [9.17, 15) is 22.8 Å². The third-order valence-electron chi connectivity index (χ3n) is 4.60. The minimum Gasteiger partial charge on any atom is -0.457 e. The lowest BCUT2D eigenvalue weighted by Gasteiger charge is -2.10. The third kappa shape index (κ3) is 6.49. The molecule has 180 valence electrons. The molecule has 12 heteroatoms. The van der Waals surface area contributed by atoms with Gasteiger partial charge in [-0.25, -0.2) is 14.6 Å². The Morgan fingerprint density at radius 2 is 1.85 bits per heavy atom. The van der Waals surface area contributed by atoms with E-state index in [1.54, 1.807) is 25.1 Å². The fourth-order valence-electron chi connectivity index (χ4n) is 3.00. The summed E-state index contributed by atoms with van der Waals surface area (Å²) in [5, 5.41) is 14.5. The number of imidazole rings is 1. The van der Waals surface area contributed by atoms with Crippen molar-refractivity contribution in [3.8, 4) is 0 Å². The van der Waals surface area contributed by atoms with Crippen molar-refractivity contribution in [2.75, 3.05) is 23.8 Å². The number of alkyl halides is 3. The Kier molecular flexibility index (Phi) is 7.79. The number of hydrogen-bond donors (Lipinski definition) is 3. The minimum atomic E-state index is -4.47. The molecule has 0 aliphatic carbocycles. The zero-order valence-electron chi connectivity index (χ0n) is 17.8. The number of aromatic nitrogens is 2. The van der Waals surface area contributed by atoms with E-state index in [1.165, 1.54) is 22.9 Å². The van der Waals surface area contributed by atoms with Gasteiger partial charge in [-0.1, -0.05) is 23.7 Å². The molecular weight excluding hydrogens is 477 g/mol. The van der Waals surface area contributed by atoms with E-state index in [0.29, 0.717) is 16.3 Å². The van der Waals surface area contributed by atoms with Crippen LogP contribution >= 0.6 is 11.6 Å². The first-order chi connectivity index (χ1) is 16.1. The number of halogens is 4. The van der Waals surface area contributed by atoms with Crippen molar-refractivity contribution in [3.63, 3.8) is 0 Å². The fraction of sp³-hybridized carbons (Fsp3) is 0.227. The first kappa shape index (κ1) is 25.1. The van der Waals surface area contributed by atoms with E-state index in [1.807, 2.05) is 0 Å². The summed E-state index contributed by atoms with van der Waals surface area (Å²) in [6.07, 6.45) is -3.12. The molecule has 34 heavy (non-hydrogen) atoms. The number of amides is 2. The first-order valence-electron chi connectivity index (χ1n) is 9.92. The minimum absolute atomic E-state index is 0.00646. The summed E-state index contributed by atoms with van der Waals surface area (Å²) < 4.78 is 44.7. The van der Waals surface area contributed by atoms with Crippen molar-refractivity contribution in [3.05, 3.63) is 76.2 Å². The Bertz CT molecular complexity index is 1180. The molecule has 1 heterocycles. The standard InChI is InChI=1S/C22H20ClF3N4O4/c1-13-10-16(23)6-7-17(13)27-21(33)29-18-12-30(19(28-18)20(32)34-9-8-31)11-14-2-4-15(5-3-14)22(24,25)26/h2-7,10,12,31H,8-9,11H2,1H3,(H2,27,29,33). The van der Waals surface area contributed by atoms with Gasteiger partial charge in [0.1, 0.15) is 6.61 Å². The summed E-state index contributed by atoms with van der Waals surface area (Å²) in [4.78, 5) is 28.8. The van der Waals surface area contributed by atoms with Crippen LogP contribution in [0.15, 0.2) is 48.7 Å². The summed E-state index contributed by atoms with van der Waals surface area (Å²) in [6.45, 7) is 1.06. The normalized spacial score (nSPS) is 11.2. The lowest BCUT2D eigenvalue weighted by Crippen LogP contribution is -2.20. The Balaban J connectivity index is 1.80. The van der Waals surface area contributed by atoms with Crippen molar-refractivity contribution in [1.82, 2.24) is 9.55 Å². The summed E-state index contributed by atoms with van der Waals surface area (Å²) in [5.74, 6) is -1.07. The zero-order chi connectivity index (χ0) is 24.9. The number of hydrogen-bond acceptors (Lipinski definition) is 5. The van der Waals surface area contributed by atoms with Crippen molar-refractivity contribution in [1.29, 1.82) is 0 Å². The molecule has 0 bridgehead atoms. The van der Waals surface area contributed by atoms with Crippen LogP contribution in [0.2, 0.25) is 5.02 Å². The van der Waals surface area contributed by atoms with Crippen LogP contribution < -0.4 is 10.6 Å². The molecule has 8 nitrogen and oxygen atoms in total. The number of nitrogens with zero attached hydrogens (tertiary/aromatic N) is 2. The van der Waals surface area contributed by atoms with Crippen LogP contribution in [0.3, 0.4) is 0 Å². The Hall–Kier alpha value is -3.57. The summed E-state index contributed by atoms with van der Waals surface area (Å²) in [5.41, 5.74) is 0.882. The Labute approximate surface area is 197 Å². The molecule has 0 radical (unpaired) electrons. The molecule has 0 unspecified atom stereocenters. The highest BCUT2D eigenvalue weighted by atomic mass is 35.5. The Morgan fingerprint density at radius 3 is 2.47 bits per heavy atom. The Morgan fingerprint density at radius 1 is 1.15 bits per heavy atom. The van der Waals surface area contributed by atoms with Crippen LogP contribution in [-0.2, 0) is 17.5 Å². The number of rotatable bonds is 7. The predicted molar refractivity (Wildman–Crippen MR) is 119 cm³/mol. The molecule has 0 aliphatic rings. The van der Waals surface area contributed by atoms with Gasteiger partial charge in [-0.15, -0.1) is 0 Å². The van der Waals surface area contributed by atoms with Crippen LogP contribution in [0.5, 0.6) is 0 Å². The number of carbonyl (C=O) groups is 2. The van der Waals surface area contributed by atoms with Gasteiger partial charge in [0.25, 0.3) is 0 Å². The van der Waals surface area contributed by atoms with Crippen molar-refractivity contribution in [2.24, 2.45) is 0 Å². The molecule has 3 aromatic rings. The highest BCUT2D eigenvalue weighted by Gasteiger charge is 2.30. The molecular formula is C22H20ClF3N4O4. The van der Waals surface area contributed by atoms with Gasteiger partial charge in [-0.3, -0.25) is 5.32 Å².